The summed E-state index contributed by atoms with van der Waals surface area (Å²) >= 11 is 5.87. The van der Waals surface area contributed by atoms with Crippen molar-refractivity contribution in [3.8, 4) is 5.75 Å². The molecule has 0 spiro atoms. The van der Waals surface area contributed by atoms with Crippen molar-refractivity contribution in [1.29, 1.82) is 0 Å². The molecule has 130 valence electrons. The fourth-order valence-corrected chi connectivity index (χ4v) is 2.25. The van der Waals surface area contributed by atoms with Gasteiger partial charge in [0.2, 0.25) is 0 Å². The largest absolute Gasteiger partial charge is 0.492 e. The molecule has 0 fully saturated rings. The van der Waals surface area contributed by atoms with E-state index < -0.39 is 0 Å². The predicted octanol–water partition coefficient (Wildman–Crippen LogP) is 2.55. The molecule has 2 aromatic rings. The molecular weight excluding hydrogens is 326 g/mol. The number of likely N-dealkylation sites (N-methyl/N-ethyl adjacent to an activating group) is 1. The predicted molar refractivity (Wildman–Crippen MR) is 97.6 cm³/mol. The van der Waals surface area contributed by atoms with Crippen LogP contribution in [-0.2, 0) is 13.6 Å². The maximum atomic E-state index is 5.87. The normalized spacial score (nSPS) is 11.4. The Morgan fingerprint density at radius 1 is 1.38 bits per heavy atom. The Labute approximate surface area is 148 Å². The Kier molecular flexibility index (Phi) is 6.93. The Balaban J connectivity index is 1.85. The van der Waals surface area contributed by atoms with Crippen LogP contribution >= 0.6 is 11.6 Å². The first-order valence-electron chi connectivity index (χ1n) is 7.94. The summed E-state index contributed by atoms with van der Waals surface area (Å²) in [6.45, 7) is 4.75. The second-order valence-corrected chi connectivity index (χ2v) is 5.85. The molecule has 6 nitrogen and oxygen atoms in total. The van der Waals surface area contributed by atoms with Crippen LogP contribution in [0.15, 0.2) is 41.7 Å². The van der Waals surface area contributed by atoms with Crippen LogP contribution in [0.5, 0.6) is 5.75 Å². The van der Waals surface area contributed by atoms with Crippen molar-refractivity contribution in [3.63, 3.8) is 0 Å². The van der Waals surface area contributed by atoms with E-state index in [9.17, 15) is 0 Å². The standard InChI is InChI=1S/C17H24ClN5O/c1-4-19-17(20-11-14-12-21-23(3)13-14)22(2)9-10-24-16-7-5-15(18)6-8-16/h5-8,12-13H,4,9-11H2,1-3H3,(H,19,20). The van der Waals surface area contributed by atoms with Crippen molar-refractivity contribution in [3.05, 3.63) is 47.2 Å². The highest BCUT2D eigenvalue weighted by molar-refractivity contribution is 6.30. The summed E-state index contributed by atoms with van der Waals surface area (Å²) in [7, 11) is 3.90. The minimum atomic E-state index is 0.565. The first-order valence-corrected chi connectivity index (χ1v) is 8.31. The van der Waals surface area contributed by atoms with E-state index in [0.717, 1.165) is 30.4 Å². The van der Waals surface area contributed by atoms with Crippen molar-refractivity contribution >= 4 is 17.6 Å². The van der Waals surface area contributed by atoms with E-state index in [1.807, 2.05) is 50.8 Å². The van der Waals surface area contributed by atoms with Crippen molar-refractivity contribution in [2.75, 3.05) is 26.7 Å². The molecule has 1 aromatic carbocycles. The molecule has 7 heteroatoms. The van der Waals surface area contributed by atoms with Crippen molar-refractivity contribution in [2.24, 2.45) is 12.0 Å². The molecule has 0 radical (unpaired) electrons. The molecule has 0 saturated carbocycles. The highest BCUT2D eigenvalue weighted by Crippen LogP contribution is 2.15. The number of benzene rings is 1. The van der Waals surface area contributed by atoms with E-state index >= 15 is 0 Å². The van der Waals surface area contributed by atoms with E-state index in [1.165, 1.54) is 0 Å². The van der Waals surface area contributed by atoms with Gasteiger partial charge in [-0.1, -0.05) is 11.6 Å². The average Bonchev–Trinajstić information content (AvgIpc) is 2.98. The third kappa shape index (κ3) is 5.77. The Morgan fingerprint density at radius 3 is 2.75 bits per heavy atom. The summed E-state index contributed by atoms with van der Waals surface area (Å²) in [5.41, 5.74) is 1.08. The van der Waals surface area contributed by atoms with Gasteiger partial charge in [0.25, 0.3) is 0 Å². The zero-order chi connectivity index (χ0) is 17.4. The van der Waals surface area contributed by atoms with Gasteiger partial charge in [0.1, 0.15) is 12.4 Å². The van der Waals surface area contributed by atoms with E-state index in [4.69, 9.17) is 16.3 Å². The van der Waals surface area contributed by atoms with Crippen molar-refractivity contribution in [1.82, 2.24) is 20.0 Å². The lowest BCUT2D eigenvalue weighted by molar-refractivity contribution is 0.281. The molecule has 0 amide bonds. The van der Waals surface area contributed by atoms with Crippen LogP contribution < -0.4 is 10.1 Å². The Hall–Kier alpha value is -2.21. The summed E-state index contributed by atoms with van der Waals surface area (Å²) in [5, 5.41) is 8.16. The molecule has 1 N–H and O–H groups in total. The first kappa shape index (κ1) is 18.1. The van der Waals surface area contributed by atoms with E-state index in [2.05, 4.69) is 27.2 Å². The molecule has 0 saturated heterocycles. The van der Waals surface area contributed by atoms with Gasteiger partial charge in [0.15, 0.2) is 5.96 Å². The molecule has 0 aliphatic carbocycles. The number of ether oxygens (including phenoxy) is 1. The third-order valence-electron chi connectivity index (χ3n) is 3.38. The second kappa shape index (κ2) is 9.17. The van der Waals surface area contributed by atoms with Crippen LogP contribution in [0.2, 0.25) is 5.02 Å². The number of rotatable bonds is 7. The number of halogens is 1. The second-order valence-electron chi connectivity index (χ2n) is 5.42. The van der Waals surface area contributed by atoms with Gasteiger partial charge in [-0.3, -0.25) is 4.68 Å². The van der Waals surface area contributed by atoms with E-state index in [0.29, 0.717) is 18.2 Å². The summed E-state index contributed by atoms with van der Waals surface area (Å²) in [6, 6.07) is 7.37. The maximum absolute atomic E-state index is 5.87. The molecule has 0 atom stereocenters. The van der Waals surface area contributed by atoms with Gasteiger partial charge in [-0.15, -0.1) is 0 Å². The van der Waals surface area contributed by atoms with Crippen LogP contribution in [0, 0.1) is 0 Å². The van der Waals surface area contributed by atoms with Crippen LogP contribution in [0.4, 0.5) is 0 Å². The minimum Gasteiger partial charge on any atom is -0.492 e. The molecule has 2 rings (SSSR count). The van der Waals surface area contributed by atoms with E-state index in [1.54, 1.807) is 4.68 Å². The highest BCUT2D eigenvalue weighted by Gasteiger charge is 2.06. The lowest BCUT2D eigenvalue weighted by Crippen LogP contribution is -2.40. The molecular formula is C17H24ClN5O. The number of aliphatic imine (C=N–C) groups is 1. The first-order chi connectivity index (χ1) is 11.6. The monoisotopic (exact) mass is 349 g/mol. The fraction of sp³-hybridized carbons (Fsp3) is 0.412. The number of aryl methyl sites for hydroxylation is 1. The van der Waals surface area contributed by atoms with Gasteiger partial charge >= 0.3 is 0 Å². The summed E-state index contributed by atoms with van der Waals surface area (Å²) in [4.78, 5) is 6.69. The van der Waals surface area contributed by atoms with Gasteiger partial charge in [0.05, 0.1) is 19.3 Å². The summed E-state index contributed by atoms with van der Waals surface area (Å²) in [6.07, 6.45) is 3.80. The van der Waals surface area contributed by atoms with Crippen molar-refractivity contribution < 1.29 is 4.74 Å². The maximum Gasteiger partial charge on any atom is 0.194 e. The zero-order valence-corrected chi connectivity index (χ0v) is 15.1. The van der Waals surface area contributed by atoms with E-state index in [-0.39, 0.29) is 0 Å². The molecule has 0 aliphatic heterocycles. The summed E-state index contributed by atoms with van der Waals surface area (Å²) in [5.74, 6) is 1.66. The number of nitrogens with one attached hydrogen (secondary N) is 1. The van der Waals surface area contributed by atoms with Gasteiger partial charge in [0, 0.05) is 37.4 Å². The minimum absolute atomic E-state index is 0.565. The number of guanidine groups is 1. The van der Waals surface area contributed by atoms with Gasteiger partial charge in [-0.05, 0) is 31.2 Å². The lowest BCUT2D eigenvalue weighted by atomic mass is 10.3. The van der Waals surface area contributed by atoms with Gasteiger partial charge < -0.3 is 15.0 Å². The van der Waals surface area contributed by atoms with Crippen LogP contribution in [0.3, 0.4) is 0 Å². The molecule has 24 heavy (non-hydrogen) atoms. The Morgan fingerprint density at radius 2 is 2.12 bits per heavy atom. The summed E-state index contributed by atoms with van der Waals surface area (Å²) < 4.78 is 7.51. The number of nitrogens with zero attached hydrogens (tertiary/aromatic N) is 4. The topological polar surface area (TPSA) is 54.7 Å². The molecule has 0 aliphatic rings. The SMILES string of the molecule is CCNC(=NCc1cnn(C)c1)N(C)CCOc1ccc(Cl)cc1. The third-order valence-corrected chi connectivity index (χ3v) is 3.63. The smallest absolute Gasteiger partial charge is 0.194 e. The number of hydrogen-bond donors (Lipinski definition) is 1. The zero-order valence-electron chi connectivity index (χ0n) is 14.4. The molecule has 0 unspecified atom stereocenters. The Bertz CT molecular complexity index is 653. The average molecular weight is 350 g/mol. The van der Waals surface area contributed by atoms with Crippen LogP contribution in [-0.4, -0.2) is 47.4 Å². The molecule has 1 heterocycles. The van der Waals surface area contributed by atoms with Crippen LogP contribution in [0.25, 0.3) is 0 Å². The van der Waals surface area contributed by atoms with Gasteiger partial charge in [-0.2, -0.15) is 5.10 Å². The quantitative estimate of drug-likeness (QED) is 0.616. The number of hydrogen-bond acceptors (Lipinski definition) is 3. The lowest BCUT2D eigenvalue weighted by Gasteiger charge is -2.22. The molecule has 1 aromatic heterocycles. The highest BCUT2D eigenvalue weighted by atomic mass is 35.5. The fourth-order valence-electron chi connectivity index (χ4n) is 2.13. The molecule has 0 bridgehead atoms. The number of aromatic nitrogens is 2. The van der Waals surface area contributed by atoms with Crippen molar-refractivity contribution in [2.45, 2.75) is 13.5 Å². The van der Waals surface area contributed by atoms with Gasteiger partial charge in [-0.25, -0.2) is 4.99 Å². The van der Waals surface area contributed by atoms with Crippen LogP contribution in [0.1, 0.15) is 12.5 Å².